The smallest absolute Gasteiger partial charge is 0.264 e. The number of amides is 1. The summed E-state index contributed by atoms with van der Waals surface area (Å²) in [6.07, 6.45) is 2.50. The standard InChI is InChI=1S/C19H18N4O4S/c1-13-3-9-17(10-4-13)28(25,26)23-19-20-11-14(12-21-19)18(24)22-15-5-7-16(27-2)8-6-15/h3-12H,1-2H3,(H,22,24)(H,20,21,23). The summed E-state index contributed by atoms with van der Waals surface area (Å²) < 4.78 is 32.0. The predicted molar refractivity (Wildman–Crippen MR) is 105 cm³/mol. The maximum Gasteiger partial charge on any atom is 0.264 e. The molecule has 144 valence electrons. The predicted octanol–water partition coefficient (Wildman–Crippen LogP) is 2.85. The SMILES string of the molecule is COc1ccc(NC(=O)c2cnc(NS(=O)(=O)c3ccc(C)cc3)nc2)cc1. The highest BCUT2D eigenvalue weighted by Gasteiger charge is 2.16. The van der Waals surface area contributed by atoms with E-state index in [1.165, 1.54) is 24.5 Å². The number of hydrogen-bond acceptors (Lipinski definition) is 6. The summed E-state index contributed by atoms with van der Waals surface area (Å²) >= 11 is 0. The number of rotatable bonds is 6. The van der Waals surface area contributed by atoms with E-state index in [1.54, 1.807) is 43.5 Å². The third kappa shape index (κ3) is 4.63. The molecule has 0 atom stereocenters. The highest BCUT2D eigenvalue weighted by atomic mass is 32.2. The number of methoxy groups -OCH3 is 1. The van der Waals surface area contributed by atoms with Gasteiger partial charge in [-0.25, -0.2) is 23.1 Å². The fourth-order valence-electron chi connectivity index (χ4n) is 2.27. The lowest BCUT2D eigenvalue weighted by Crippen LogP contribution is -2.16. The Kier molecular flexibility index (Phi) is 5.55. The molecule has 1 heterocycles. The normalized spacial score (nSPS) is 10.9. The molecule has 28 heavy (non-hydrogen) atoms. The van der Waals surface area contributed by atoms with E-state index in [-0.39, 0.29) is 16.4 Å². The average molecular weight is 398 g/mol. The Labute approximate surface area is 162 Å². The van der Waals surface area contributed by atoms with Gasteiger partial charge in [-0.15, -0.1) is 0 Å². The van der Waals surface area contributed by atoms with Gasteiger partial charge in [-0.3, -0.25) is 4.79 Å². The van der Waals surface area contributed by atoms with Gasteiger partial charge in [-0.1, -0.05) is 17.7 Å². The number of anilines is 2. The van der Waals surface area contributed by atoms with Gasteiger partial charge in [-0.05, 0) is 43.3 Å². The lowest BCUT2D eigenvalue weighted by molar-refractivity contribution is 0.102. The molecule has 0 aliphatic rings. The molecule has 0 spiro atoms. The molecule has 3 rings (SSSR count). The first-order chi connectivity index (χ1) is 13.4. The Morgan fingerprint density at radius 3 is 2.14 bits per heavy atom. The molecule has 2 N–H and O–H groups in total. The van der Waals surface area contributed by atoms with Crippen molar-refractivity contribution in [2.24, 2.45) is 0 Å². The topological polar surface area (TPSA) is 110 Å². The first kappa shape index (κ1) is 19.3. The molecule has 0 unspecified atom stereocenters. The van der Waals surface area contributed by atoms with Crippen LogP contribution in [0.4, 0.5) is 11.6 Å². The molecule has 0 aliphatic heterocycles. The van der Waals surface area contributed by atoms with Gasteiger partial charge < -0.3 is 10.1 Å². The van der Waals surface area contributed by atoms with E-state index in [9.17, 15) is 13.2 Å². The third-order valence-corrected chi connectivity index (χ3v) is 5.16. The largest absolute Gasteiger partial charge is 0.497 e. The van der Waals surface area contributed by atoms with Gasteiger partial charge >= 0.3 is 0 Å². The Balaban J connectivity index is 1.68. The van der Waals surface area contributed by atoms with Gasteiger partial charge in [0.2, 0.25) is 5.95 Å². The first-order valence-corrected chi connectivity index (χ1v) is 9.72. The fraction of sp³-hybridized carbons (Fsp3) is 0.105. The zero-order valence-corrected chi connectivity index (χ0v) is 16.0. The van der Waals surface area contributed by atoms with Gasteiger partial charge in [-0.2, -0.15) is 0 Å². The maximum absolute atomic E-state index is 12.3. The van der Waals surface area contributed by atoms with Crippen LogP contribution in [0.25, 0.3) is 0 Å². The van der Waals surface area contributed by atoms with Crippen LogP contribution in [0.2, 0.25) is 0 Å². The molecular weight excluding hydrogens is 380 g/mol. The van der Waals surface area contributed by atoms with E-state index < -0.39 is 15.9 Å². The monoisotopic (exact) mass is 398 g/mol. The van der Waals surface area contributed by atoms with Gasteiger partial charge in [0.15, 0.2) is 0 Å². The number of hydrogen-bond donors (Lipinski definition) is 2. The van der Waals surface area contributed by atoms with Crippen LogP contribution >= 0.6 is 0 Å². The van der Waals surface area contributed by atoms with Crippen LogP contribution in [0.15, 0.2) is 65.8 Å². The van der Waals surface area contributed by atoms with Gasteiger partial charge in [0.1, 0.15) is 5.75 Å². The number of carbonyl (C=O) groups is 1. The summed E-state index contributed by atoms with van der Waals surface area (Å²) in [5.74, 6) is 0.131. The zero-order valence-electron chi connectivity index (χ0n) is 15.2. The number of aromatic nitrogens is 2. The van der Waals surface area contributed by atoms with E-state index in [2.05, 4.69) is 20.0 Å². The summed E-state index contributed by atoms with van der Waals surface area (Å²) in [5.41, 5.74) is 1.71. The maximum atomic E-state index is 12.3. The van der Waals surface area contributed by atoms with Gasteiger partial charge in [0.25, 0.3) is 15.9 Å². The second kappa shape index (κ2) is 8.05. The zero-order chi connectivity index (χ0) is 20.1. The number of ether oxygens (including phenoxy) is 1. The summed E-state index contributed by atoms with van der Waals surface area (Å²) in [6, 6.07) is 13.2. The number of nitrogens with zero attached hydrogens (tertiary/aromatic N) is 2. The second-order valence-corrected chi connectivity index (χ2v) is 7.58. The number of benzene rings is 2. The van der Waals surface area contributed by atoms with Gasteiger partial charge in [0, 0.05) is 18.1 Å². The molecule has 2 aromatic carbocycles. The van der Waals surface area contributed by atoms with Crippen molar-refractivity contribution in [2.75, 3.05) is 17.1 Å². The number of carbonyl (C=O) groups excluding carboxylic acids is 1. The van der Waals surface area contributed by atoms with Crippen LogP contribution < -0.4 is 14.8 Å². The number of aryl methyl sites for hydroxylation is 1. The van der Waals surface area contributed by atoms with Crippen LogP contribution in [-0.4, -0.2) is 31.4 Å². The van der Waals surface area contributed by atoms with Crippen molar-refractivity contribution in [1.82, 2.24) is 9.97 Å². The van der Waals surface area contributed by atoms with Crippen molar-refractivity contribution in [3.63, 3.8) is 0 Å². The van der Waals surface area contributed by atoms with Gasteiger partial charge in [0.05, 0.1) is 17.6 Å². The fourth-order valence-corrected chi connectivity index (χ4v) is 3.23. The van der Waals surface area contributed by atoms with Crippen molar-refractivity contribution < 1.29 is 17.9 Å². The summed E-state index contributed by atoms with van der Waals surface area (Å²) in [7, 11) is -2.25. The first-order valence-electron chi connectivity index (χ1n) is 8.24. The van der Waals surface area contributed by atoms with E-state index in [0.29, 0.717) is 11.4 Å². The number of nitrogens with one attached hydrogen (secondary N) is 2. The molecule has 8 nitrogen and oxygen atoms in total. The number of sulfonamides is 1. The third-order valence-electron chi connectivity index (χ3n) is 3.82. The van der Waals surface area contributed by atoms with Crippen molar-refractivity contribution in [1.29, 1.82) is 0 Å². The molecule has 0 saturated heterocycles. The Bertz CT molecular complexity index is 1060. The molecule has 9 heteroatoms. The highest BCUT2D eigenvalue weighted by molar-refractivity contribution is 7.92. The molecule has 0 bridgehead atoms. The second-order valence-electron chi connectivity index (χ2n) is 5.90. The van der Waals surface area contributed by atoms with Crippen LogP contribution in [-0.2, 0) is 10.0 Å². The lowest BCUT2D eigenvalue weighted by Gasteiger charge is -2.08. The lowest BCUT2D eigenvalue weighted by atomic mass is 10.2. The minimum Gasteiger partial charge on any atom is -0.497 e. The van der Waals surface area contributed by atoms with Crippen LogP contribution in [0.5, 0.6) is 5.75 Å². The van der Waals surface area contributed by atoms with E-state index in [4.69, 9.17) is 4.74 Å². The van der Waals surface area contributed by atoms with Crippen LogP contribution in [0.3, 0.4) is 0 Å². The van der Waals surface area contributed by atoms with E-state index in [0.717, 1.165) is 5.56 Å². The molecular formula is C19H18N4O4S. The van der Waals surface area contributed by atoms with Crippen molar-refractivity contribution >= 4 is 27.6 Å². The minimum atomic E-state index is -3.81. The molecule has 0 saturated carbocycles. The van der Waals surface area contributed by atoms with Crippen molar-refractivity contribution in [2.45, 2.75) is 11.8 Å². The van der Waals surface area contributed by atoms with Crippen molar-refractivity contribution in [3.05, 3.63) is 72.1 Å². The van der Waals surface area contributed by atoms with E-state index >= 15 is 0 Å². The summed E-state index contributed by atoms with van der Waals surface area (Å²) in [5, 5.41) is 2.70. The Hall–Kier alpha value is -3.46. The minimum absolute atomic E-state index is 0.100. The summed E-state index contributed by atoms with van der Waals surface area (Å²) in [4.78, 5) is 20.2. The van der Waals surface area contributed by atoms with Crippen molar-refractivity contribution in [3.8, 4) is 5.75 Å². The average Bonchev–Trinajstić information content (AvgIpc) is 2.69. The van der Waals surface area contributed by atoms with E-state index in [1.807, 2.05) is 6.92 Å². The molecule has 1 amide bonds. The quantitative estimate of drug-likeness (QED) is 0.661. The Morgan fingerprint density at radius 2 is 1.57 bits per heavy atom. The molecule has 3 aromatic rings. The molecule has 0 radical (unpaired) electrons. The van der Waals surface area contributed by atoms with Crippen LogP contribution in [0.1, 0.15) is 15.9 Å². The summed E-state index contributed by atoms with van der Waals surface area (Å²) in [6.45, 7) is 1.86. The molecule has 0 aliphatic carbocycles. The Morgan fingerprint density at radius 1 is 0.964 bits per heavy atom. The molecule has 1 aromatic heterocycles. The highest BCUT2D eigenvalue weighted by Crippen LogP contribution is 2.16. The van der Waals surface area contributed by atoms with Crippen LogP contribution in [0, 0.1) is 6.92 Å². The molecule has 0 fully saturated rings.